The lowest BCUT2D eigenvalue weighted by molar-refractivity contribution is 0.418. The van der Waals surface area contributed by atoms with Gasteiger partial charge in [0.25, 0.3) is 0 Å². The lowest BCUT2D eigenvalue weighted by atomic mass is 9.87. The Morgan fingerprint density at radius 3 is 2.16 bits per heavy atom. The van der Waals surface area contributed by atoms with E-state index in [1.807, 2.05) is 19.9 Å². The van der Waals surface area contributed by atoms with E-state index in [0.29, 0.717) is 24.7 Å². The van der Waals surface area contributed by atoms with Gasteiger partial charge in [0.2, 0.25) is 0 Å². The van der Waals surface area contributed by atoms with Crippen LogP contribution in [0.25, 0.3) is 5.57 Å². The zero-order valence-corrected chi connectivity index (χ0v) is 33.4. The smallest absolute Gasteiger partial charge is 0.135 e. The van der Waals surface area contributed by atoms with Crippen LogP contribution in [0.4, 0.5) is 10.1 Å². The number of halogens is 1. The summed E-state index contributed by atoms with van der Waals surface area (Å²) in [6, 6.07) is 7.09. The number of aryl methyl sites for hydroxylation is 1. The van der Waals surface area contributed by atoms with Gasteiger partial charge in [-0.1, -0.05) is 103 Å². The maximum Gasteiger partial charge on any atom is 0.135 e. The van der Waals surface area contributed by atoms with E-state index in [4.69, 9.17) is 12.2 Å². The normalized spacial score (nSPS) is 14.2. The molecule has 278 valence electrons. The van der Waals surface area contributed by atoms with Crippen LogP contribution in [0.5, 0.6) is 0 Å². The summed E-state index contributed by atoms with van der Waals surface area (Å²) in [5, 5.41) is 3.54. The third-order valence-corrected chi connectivity index (χ3v) is 8.38. The van der Waals surface area contributed by atoms with Gasteiger partial charge in [-0.2, -0.15) is 0 Å². The first-order valence-electron chi connectivity index (χ1n) is 19.0. The topological polar surface area (TPSA) is 50.4 Å². The van der Waals surface area contributed by atoms with Gasteiger partial charge in [0.1, 0.15) is 6.17 Å². The number of aliphatic imine (C=N–C) groups is 1. The minimum Gasteiger partial charge on any atom is -0.355 e. The summed E-state index contributed by atoms with van der Waals surface area (Å²) >= 11 is 0. The summed E-state index contributed by atoms with van der Waals surface area (Å²) in [6.07, 6.45) is 30.1. The molecular formula is C46H72FN3. The van der Waals surface area contributed by atoms with Crippen molar-refractivity contribution in [3.05, 3.63) is 83.6 Å². The monoisotopic (exact) mass is 686 g/mol. The first kappa shape index (κ1) is 48.5. The lowest BCUT2D eigenvalue weighted by Gasteiger charge is -2.22. The average Bonchev–Trinajstić information content (AvgIpc) is 3.09. The number of alkyl halides is 1. The van der Waals surface area contributed by atoms with Crippen LogP contribution in [0, 0.1) is 30.6 Å². The Hall–Kier alpha value is -3.60. The molecule has 3 nitrogen and oxygen atoms in total. The quantitative estimate of drug-likeness (QED) is 0.0531. The van der Waals surface area contributed by atoms with Crippen molar-refractivity contribution in [2.45, 2.75) is 152 Å². The van der Waals surface area contributed by atoms with Gasteiger partial charge in [-0.05, 0) is 113 Å². The molecule has 0 spiro atoms. The SMILES string of the molecule is C#CC.C#CCCN=C(C(C)F)C(CC)/C(=C/C)C/C=C\C=C(\Nc1ccc(C(=C)CCCC)c(CC)c1)C(=C)C.CCCC.NC1CCC1. The van der Waals surface area contributed by atoms with Crippen LogP contribution in [-0.2, 0) is 6.42 Å². The maximum absolute atomic E-state index is 14.4. The summed E-state index contributed by atoms with van der Waals surface area (Å²) in [4.78, 5) is 4.52. The molecule has 0 bridgehead atoms. The van der Waals surface area contributed by atoms with Crippen LogP contribution >= 0.6 is 0 Å². The molecule has 0 amide bonds. The number of anilines is 1. The number of hydrogen-bond donors (Lipinski definition) is 2. The largest absolute Gasteiger partial charge is 0.355 e. The fraction of sp³-hybridized carbons (Fsp3) is 0.543. The Bertz CT molecular complexity index is 1290. The molecule has 2 rings (SSSR count). The molecule has 1 aliphatic carbocycles. The van der Waals surface area contributed by atoms with E-state index in [1.54, 1.807) is 13.8 Å². The predicted molar refractivity (Wildman–Crippen MR) is 225 cm³/mol. The van der Waals surface area contributed by atoms with Crippen molar-refractivity contribution in [2.24, 2.45) is 16.6 Å². The van der Waals surface area contributed by atoms with Gasteiger partial charge < -0.3 is 11.1 Å². The maximum atomic E-state index is 14.4. The van der Waals surface area contributed by atoms with Gasteiger partial charge in [0.05, 0.1) is 5.71 Å². The minimum atomic E-state index is -1.10. The van der Waals surface area contributed by atoms with E-state index in [9.17, 15) is 4.39 Å². The molecule has 1 saturated carbocycles. The van der Waals surface area contributed by atoms with Crippen molar-refractivity contribution in [1.82, 2.24) is 0 Å². The van der Waals surface area contributed by atoms with Crippen molar-refractivity contribution in [1.29, 1.82) is 0 Å². The van der Waals surface area contributed by atoms with Crippen LogP contribution < -0.4 is 11.1 Å². The van der Waals surface area contributed by atoms with E-state index in [0.717, 1.165) is 54.6 Å². The van der Waals surface area contributed by atoms with Crippen LogP contribution in [-0.4, -0.2) is 24.5 Å². The summed E-state index contributed by atoms with van der Waals surface area (Å²) in [6.45, 7) is 27.0. The van der Waals surface area contributed by atoms with Crippen molar-refractivity contribution in [2.75, 3.05) is 11.9 Å². The van der Waals surface area contributed by atoms with Gasteiger partial charge >= 0.3 is 0 Å². The molecule has 1 aromatic carbocycles. The van der Waals surface area contributed by atoms with Gasteiger partial charge in [-0.25, -0.2) is 4.39 Å². The van der Waals surface area contributed by atoms with Crippen LogP contribution in [0.3, 0.4) is 0 Å². The Morgan fingerprint density at radius 1 is 1.12 bits per heavy atom. The molecule has 50 heavy (non-hydrogen) atoms. The van der Waals surface area contributed by atoms with Crippen LogP contribution in [0.15, 0.2) is 77.5 Å². The highest BCUT2D eigenvalue weighted by atomic mass is 19.1. The number of nitrogens with two attached hydrogens (primary N) is 1. The van der Waals surface area contributed by atoms with Crippen molar-refractivity contribution in [3.8, 4) is 24.7 Å². The fourth-order valence-electron chi connectivity index (χ4n) is 4.97. The second-order valence-corrected chi connectivity index (χ2v) is 12.7. The molecular weight excluding hydrogens is 614 g/mol. The first-order valence-corrected chi connectivity index (χ1v) is 19.0. The van der Waals surface area contributed by atoms with E-state index >= 15 is 0 Å². The number of rotatable bonds is 18. The van der Waals surface area contributed by atoms with E-state index in [2.05, 4.69) is 113 Å². The molecule has 1 fully saturated rings. The number of unbranched alkanes of at least 4 members (excludes halogenated alkanes) is 2. The zero-order valence-electron chi connectivity index (χ0n) is 33.4. The van der Waals surface area contributed by atoms with Gasteiger partial charge in [-0.3, -0.25) is 4.99 Å². The minimum absolute atomic E-state index is 0.0248. The first-order chi connectivity index (χ1) is 24.0. The standard InChI is InChI=1S/C35H49FN2.C4H9N.C4H10.C3H4/c1-10-15-19-27(8)33-23-22-31(25-30(33)13-4)38-34(26(6)7)21-18-17-20-29(12-3)32(14-5)35(28(9)36)37-24-16-11-2;5-4-2-1-3-4;1-3-4-2;1-3-2/h2,12,17-18,21-23,25,28,32,38H,6,8,10,13-16,19-20,24H2,1,3-5,7,9H3;4H,1-3,5H2;3-4H2,1-2H3;1H,2H3/b18-17-,29-12+,34-21+,37-35?;;;. The lowest BCUT2D eigenvalue weighted by Crippen LogP contribution is -2.27. The molecule has 0 saturated heterocycles. The van der Waals surface area contributed by atoms with Crippen molar-refractivity contribution in [3.63, 3.8) is 0 Å². The number of nitrogens with one attached hydrogen (secondary N) is 1. The Labute approximate surface area is 309 Å². The van der Waals surface area contributed by atoms with Crippen LogP contribution in [0.2, 0.25) is 0 Å². The molecule has 1 aromatic rings. The third kappa shape index (κ3) is 21.5. The van der Waals surface area contributed by atoms with Gasteiger partial charge in [0.15, 0.2) is 0 Å². The number of terminal acetylenes is 2. The van der Waals surface area contributed by atoms with Crippen molar-refractivity contribution < 1.29 is 4.39 Å². The zero-order chi connectivity index (χ0) is 38.3. The summed E-state index contributed by atoms with van der Waals surface area (Å²) < 4.78 is 14.4. The third-order valence-electron chi connectivity index (χ3n) is 8.38. The molecule has 0 heterocycles. The summed E-state index contributed by atoms with van der Waals surface area (Å²) in [5.41, 5.74) is 13.9. The molecule has 1 aliphatic rings. The van der Waals surface area contributed by atoms with E-state index in [-0.39, 0.29) is 5.92 Å². The number of nitrogens with zero attached hydrogens (tertiary/aromatic N) is 1. The second kappa shape index (κ2) is 31.4. The Morgan fingerprint density at radius 2 is 1.74 bits per heavy atom. The molecule has 2 unspecified atom stereocenters. The molecule has 0 radical (unpaired) electrons. The summed E-state index contributed by atoms with van der Waals surface area (Å²) in [5.74, 6) is 4.81. The number of benzene rings is 1. The fourth-order valence-corrected chi connectivity index (χ4v) is 4.97. The molecule has 3 N–H and O–H groups in total. The summed E-state index contributed by atoms with van der Waals surface area (Å²) in [7, 11) is 0. The Kier molecular flexibility index (Phi) is 30.5. The van der Waals surface area contributed by atoms with Gasteiger partial charge in [0, 0.05) is 36.3 Å². The average molecular weight is 686 g/mol. The number of hydrogen-bond acceptors (Lipinski definition) is 3. The highest BCUT2D eigenvalue weighted by Crippen LogP contribution is 2.28. The molecule has 4 heteroatoms. The van der Waals surface area contributed by atoms with Crippen LogP contribution in [0.1, 0.15) is 144 Å². The highest BCUT2D eigenvalue weighted by Gasteiger charge is 2.22. The second-order valence-electron chi connectivity index (χ2n) is 12.7. The molecule has 0 aliphatic heterocycles. The highest BCUT2D eigenvalue weighted by molar-refractivity contribution is 5.92. The Balaban J connectivity index is 0. The molecule has 2 atom stereocenters. The predicted octanol–water partition coefficient (Wildman–Crippen LogP) is 13.0. The van der Waals surface area contributed by atoms with E-state index < -0.39 is 6.17 Å². The van der Waals surface area contributed by atoms with Crippen molar-refractivity contribution >= 4 is 17.0 Å². The van der Waals surface area contributed by atoms with E-state index in [1.165, 1.54) is 55.2 Å². The van der Waals surface area contributed by atoms with Gasteiger partial charge in [-0.15, -0.1) is 24.7 Å². The number of allylic oxidation sites excluding steroid dienone is 7. The molecule has 0 aromatic heterocycles.